The Bertz CT molecular complexity index is 1730. The molecule has 0 saturated heterocycles. The van der Waals surface area contributed by atoms with Gasteiger partial charge in [0.15, 0.2) is 16.3 Å². The first-order valence-electron chi connectivity index (χ1n) is 12.3. The number of benzene rings is 2. The molecule has 0 saturated carbocycles. The summed E-state index contributed by atoms with van der Waals surface area (Å²) in [6.07, 6.45) is 3.16. The van der Waals surface area contributed by atoms with Crippen molar-refractivity contribution in [3.63, 3.8) is 0 Å². The summed E-state index contributed by atoms with van der Waals surface area (Å²) in [7, 11) is 1.30. The molecule has 39 heavy (non-hydrogen) atoms. The van der Waals surface area contributed by atoms with Crippen LogP contribution in [0, 0.1) is 3.57 Å². The molecule has 200 valence electrons. The molecule has 0 aliphatic carbocycles. The third-order valence-electron chi connectivity index (χ3n) is 6.04. The lowest BCUT2D eigenvalue weighted by Gasteiger charge is -2.23. The lowest BCUT2D eigenvalue weighted by molar-refractivity contribution is -0.136. The number of esters is 1. The highest BCUT2D eigenvalue weighted by Crippen LogP contribution is 2.35. The minimum atomic E-state index is -0.760. The van der Waals surface area contributed by atoms with Crippen molar-refractivity contribution in [2.45, 2.75) is 19.9 Å². The SMILES string of the molecule is CCOc1ccc([C@H]2C(C(=O)OC)=CN=c3s/c(=C\c4ccc(-c5ccc(I)cc5)o4)c(=O)n32)cc1OCC. The normalized spacial score (nSPS) is 14.8. The van der Waals surface area contributed by atoms with E-state index in [2.05, 4.69) is 27.6 Å². The number of ether oxygens (including phenoxy) is 3. The minimum Gasteiger partial charge on any atom is -0.490 e. The van der Waals surface area contributed by atoms with Crippen LogP contribution >= 0.6 is 33.9 Å². The molecule has 0 bridgehead atoms. The molecule has 5 rings (SSSR count). The number of aromatic nitrogens is 1. The van der Waals surface area contributed by atoms with Crippen molar-refractivity contribution in [3.8, 4) is 22.8 Å². The van der Waals surface area contributed by atoms with Gasteiger partial charge in [0.05, 0.1) is 36.5 Å². The number of thiazole rings is 1. The number of rotatable bonds is 8. The Kier molecular flexibility index (Phi) is 8.03. The molecule has 0 amide bonds. The van der Waals surface area contributed by atoms with Crippen LogP contribution in [0.5, 0.6) is 11.5 Å². The highest BCUT2D eigenvalue weighted by Gasteiger charge is 2.31. The monoisotopic (exact) mass is 656 g/mol. The predicted molar refractivity (Wildman–Crippen MR) is 157 cm³/mol. The summed E-state index contributed by atoms with van der Waals surface area (Å²) in [5.74, 6) is 1.78. The van der Waals surface area contributed by atoms with Gasteiger partial charge in [0.25, 0.3) is 5.56 Å². The van der Waals surface area contributed by atoms with Gasteiger partial charge in [0.1, 0.15) is 11.5 Å². The van der Waals surface area contributed by atoms with Crippen molar-refractivity contribution >= 4 is 46.0 Å². The topological polar surface area (TPSA) is 92.3 Å². The Morgan fingerprint density at radius 3 is 2.54 bits per heavy atom. The molecule has 0 unspecified atom stereocenters. The number of halogens is 1. The van der Waals surface area contributed by atoms with Crippen molar-refractivity contribution in [2.75, 3.05) is 20.3 Å². The molecule has 8 nitrogen and oxygen atoms in total. The van der Waals surface area contributed by atoms with Crippen molar-refractivity contribution < 1.29 is 23.4 Å². The van der Waals surface area contributed by atoms with E-state index in [9.17, 15) is 9.59 Å². The lowest BCUT2D eigenvalue weighted by atomic mass is 9.97. The van der Waals surface area contributed by atoms with Gasteiger partial charge in [-0.1, -0.05) is 29.5 Å². The van der Waals surface area contributed by atoms with Gasteiger partial charge < -0.3 is 18.6 Å². The standard InChI is InChI=1S/C29H25IN2O6S/c1-4-36-23-12-8-18(14-24(23)37-5-2)26-21(28(34)35-3)16-31-29-32(26)27(33)25(39-29)15-20-11-13-22(38-20)17-6-9-19(30)10-7-17/h6-16,26H,4-5H2,1-3H3/b25-15-/t26-/m0/s1. The molecule has 2 aromatic carbocycles. The molecular weight excluding hydrogens is 631 g/mol. The summed E-state index contributed by atoms with van der Waals surface area (Å²) in [6, 6.07) is 16.3. The summed E-state index contributed by atoms with van der Waals surface area (Å²) in [5.41, 5.74) is 1.55. The Labute approximate surface area is 242 Å². The summed E-state index contributed by atoms with van der Waals surface area (Å²) in [6.45, 7) is 4.67. The zero-order valence-electron chi connectivity index (χ0n) is 21.5. The third-order valence-corrected chi connectivity index (χ3v) is 7.75. The quantitative estimate of drug-likeness (QED) is 0.202. The number of fused-ring (bicyclic) bond motifs is 1. The van der Waals surface area contributed by atoms with E-state index in [1.165, 1.54) is 29.2 Å². The molecule has 3 heterocycles. The first-order chi connectivity index (χ1) is 18.9. The molecule has 0 spiro atoms. The second-order valence-corrected chi connectivity index (χ2v) is 10.7. The molecule has 0 radical (unpaired) electrons. The number of hydrogen-bond acceptors (Lipinski definition) is 8. The number of hydrogen-bond donors (Lipinski definition) is 0. The van der Waals surface area contributed by atoms with Crippen LogP contribution < -0.4 is 24.4 Å². The molecule has 10 heteroatoms. The summed E-state index contributed by atoms with van der Waals surface area (Å²) in [4.78, 5) is 31.4. The van der Waals surface area contributed by atoms with Crippen LogP contribution in [0.3, 0.4) is 0 Å². The molecule has 1 aliphatic heterocycles. The molecule has 0 N–H and O–H groups in total. The van der Waals surface area contributed by atoms with E-state index in [-0.39, 0.29) is 11.1 Å². The van der Waals surface area contributed by atoms with Crippen LogP contribution in [0.25, 0.3) is 17.4 Å². The van der Waals surface area contributed by atoms with Crippen LogP contribution in [-0.2, 0) is 9.53 Å². The van der Waals surface area contributed by atoms with Crippen LogP contribution in [0.1, 0.15) is 31.2 Å². The van der Waals surface area contributed by atoms with E-state index in [0.717, 1.165) is 9.13 Å². The zero-order chi connectivity index (χ0) is 27.5. The van der Waals surface area contributed by atoms with Gasteiger partial charge >= 0.3 is 5.97 Å². The molecule has 2 aromatic heterocycles. The third kappa shape index (κ3) is 5.44. The van der Waals surface area contributed by atoms with E-state index < -0.39 is 12.0 Å². The van der Waals surface area contributed by atoms with E-state index >= 15 is 0 Å². The van der Waals surface area contributed by atoms with Crippen LogP contribution in [0.4, 0.5) is 0 Å². The first kappa shape index (κ1) is 26.9. The second kappa shape index (κ2) is 11.6. The summed E-state index contributed by atoms with van der Waals surface area (Å²) < 4.78 is 25.6. The van der Waals surface area contributed by atoms with Gasteiger partial charge in [-0.15, -0.1) is 0 Å². The number of methoxy groups -OCH3 is 1. The maximum atomic E-state index is 13.8. The smallest absolute Gasteiger partial charge is 0.337 e. The summed E-state index contributed by atoms with van der Waals surface area (Å²) in [5, 5.41) is 0. The Hall–Kier alpha value is -3.64. The predicted octanol–water partition coefficient (Wildman–Crippen LogP) is 4.68. The van der Waals surface area contributed by atoms with Crippen molar-refractivity contribution in [3.05, 3.63) is 101 Å². The Morgan fingerprint density at radius 1 is 1.08 bits per heavy atom. The minimum absolute atomic E-state index is 0.238. The second-order valence-electron chi connectivity index (χ2n) is 8.46. The zero-order valence-corrected chi connectivity index (χ0v) is 24.4. The van der Waals surface area contributed by atoms with E-state index in [1.54, 1.807) is 18.2 Å². The van der Waals surface area contributed by atoms with E-state index in [1.807, 2.05) is 56.3 Å². The average molecular weight is 656 g/mol. The number of nitrogens with zero attached hydrogens (tertiary/aromatic N) is 2. The van der Waals surface area contributed by atoms with Crippen molar-refractivity contribution in [1.29, 1.82) is 0 Å². The van der Waals surface area contributed by atoms with Gasteiger partial charge in [-0.25, -0.2) is 9.79 Å². The number of carbonyl (C=O) groups excluding carboxylic acids is 1. The average Bonchev–Trinajstić information content (AvgIpc) is 3.54. The fourth-order valence-electron chi connectivity index (χ4n) is 4.32. The largest absolute Gasteiger partial charge is 0.490 e. The molecular formula is C29H25IN2O6S. The maximum absolute atomic E-state index is 13.8. The number of carbonyl (C=O) groups is 1. The van der Waals surface area contributed by atoms with Gasteiger partial charge in [0.2, 0.25) is 0 Å². The number of furan rings is 1. The highest BCUT2D eigenvalue weighted by atomic mass is 127. The van der Waals surface area contributed by atoms with Gasteiger partial charge in [0, 0.05) is 21.4 Å². The molecule has 1 aliphatic rings. The molecule has 4 aromatic rings. The van der Waals surface area contributed by atoms with Crippen LogP contribution in [0.15, 0.2) is 80.6 Å². The Morgan fingerprint density at radius 2 is 1.82 bits per heavy atom. The van der Waals surface area contributed by atoms with E-state index in [4.69, 9.17) is 18.6 Å². The van der Waals surface area contributed by atoms with Crippen LogP contribution in [0.2, 0.25) is 0 Å². The van der Waals surface area contributed by atoms with Gasteiger partial charge in [-0.2, -0.15) is 0 Å². The van der Waals surface area contributed by atoms with Crippen LogP contribution in [-0.4, -0.2) is 30.9 Å². The van der Waals surface area contributed by atoms with Crippen molar-refractivity contribution in [2.24, 2.45) is 4.99 Å². The van der Waals surface area contributed by atoms with E-state index in [0.29, 0.717) is 51.1 Å². The summed E-state index contributed by atoms with van der Waals surface area (Å²) >= 11 is 3.48. The molecule has 1 atom stereocenters. The maximum Gasteiger partial charge on any atom is 0.337 e. The van der Waals surface area contributed by atoms with Gasteiger partial charge in [-0.3, -0.25) is 9.36 Å². The first-order valence-corrected chi connectivity index (χ1v) is 14.2. The highest BCUT2D eigenvalue weighted by molar-refractivity contribution is 14.1. The van der Waals surface area contributed by atoms with Gasteiger partial charge in [-0.05, 0) is 78.4 Å². The lowest BCUT2D eigenvalue weighted by Crippen LogP contribution is -2.39. The molecule has 0 fully saturated rings. The fourth-order valence-corrected chi connectivity index (χ4v) is 5.63. The van der Waals surface area contributed by atoms with Crippen molar-refractivity contribution in [1.82, 2.24) is 4.57 Å². The fraction of sp³-hybridized carbons (Fsp3) is 0.207. The Balaban J connectivity index is 1.60.